The fourth-order valence-corrected chi connectivity index (χ4v) is 2.39. The number of benzene rings is 1. The van der Waals surface area contributed by atoms with Crippen molar-refractivity contribution in [2.24, 2.45) is 4.99 Å². The Kier molecular flexibility index (Phi) is 10.8. The van der Waals surface area contributed by atoms with Crippen molar-refractivity contribution in [3.63, 3.8) is 0 Å². The molecule has 0 fully saturated rings. The van der Waals surface area contributed by atoms with E-state index in [0.29, 0.717) is 31.4 Å². The first-order chi connectivity index (χ1) is 12.2. The van der Waals surface area contributed by atoms with Gasteiger partial charge in [0.05, 0.1) is 12.8 Å². The summed E-state index contributed by atoms with van der Waals surface area (Å²) in [7, 11) is 0. The Morgan fingerprint density at radius 3 is 2.65 bits per heavy atom. The summed E-state index contributed by atoms with van der Waals surface area (Å²) < 4.78 is 5.17. The van der Waals surface area contributed by atoms with Crippen molar-refractivity contribution < 1.29 is 9.21 Å². The number of carbonyl (C=O) groups is 1. The van der Waals surface area contributed by atoms with Crippen molar-refractivity contribution in [2.45, 2.75) is 19.9 Å². The summed E-state index contributed by atoms with van der Waals surface area (Å²) in [5.74, 6) is 1.14. The standard InChI is InChI=1S/C18H23ClN4O2.HI/c1-2-20-18(21-10-9-14-6-3-4-8-16(14)19)23-13-17(24)22-12-15-7-5-11-25-15;/h3-8,11H,2,9-10,12-13H2,1H3,(H,22,24)(H2,20,21,23);1H. The average Bonchev–Trinajstić information content (AvgIpc) is 3.13. The number of halogens is 2. The Hall–Kier alpha value is -1.74. The molecule has 0 aliphatic carbocycles. The fourth-order valence-electron chi connectivity index (χ4n) is 2.16. The molecule has 3 N–H and O–H groups in total. The van der Waals surface area contributed by atoms with Crippen LogP contribution >= 0.6 is 35.6 Å². The number of carbonyl (C=O) groups excluding carboxylic acids is 1. The van der Waals surface area contributed by atoms with Crippen molar-refractivity contribution in [3.05, 3.63) is 59.0 Å². The van der Waals surface area contributed by atoms with Gasteiger partial charge in [-0.1, -0.05) is 29.8 Å². The first-order valence-corrected chi connectivity index (χ1v) is 8.61. The predicted molar refractivity (Wildman–Crippen MR) is 115 cm³/mol. The molecule has 0 saturated heterocycles. The minimum Gasteiger partial charge on any atom is -0.467 e. The molecule has 1 aromatic heterocycles. The number of guanidine groups is 1. The number of amides is 1. The van der Waals surface area contributed by atoms with Crippen molar-refractivity contribution in [1.82, 2.24) is 16.0 Å². The van der Waals surface area contributed by atoms with Crippen molar-refractivity contribution in [2.75, 3.05) is 19.6 Å². The maximum Gasteiger partial charge on any atom is 0.242 e. The van der Waals surface area contributed by atoms with Crippen molar-refractivity contribution >= 4 is 47.4 Å². The molecule has 0 aliphatic heterocycles. The van der Waals surface area contributed by atoms with Crippen LogP contribution in [0, 0.1) is 0 Å². The molecule has 1 heterocycles. The van der Waals surface area contributed by atoms with Crippen LogP contribution < -0.4 is 16.0 Å². The fraction of sp³-hybridized carbons (Fsp3) is 0.333. The summed E-state index contributed by atoms with van der Waals surface area (Å²) in [5.41, 5.74) is 1.07. The van der Waals surface area contributed by atoms with E-state index in [-0.39, 0.29) is 36.4 Å². The zero-order chi connectivity index (χ0) is 17.9. The summed E-state index contributed by atoms with van der Waals surface area (Å²) in [6.45, 7) is 3.76. The molecule has 0 spiro atoms. The molecule has 8 heteroatoms. The molecular weight excluding hydrogens is 467 g/mol. The van der Waals surface area contributed by atoms with E-state index in [9.17, 15) is 4.79 Å². The van der Waals surface area contributed by atoms with Gasteiger partial charge in [0.15, 0.2) is 5.96 Å². The molecule has 26 heavy (non-hydrogen) atoms. The Bertz CT molecular complexity index is 692. The van der Waals surface area contributed by atoms with Gasteiger partial charge in [-0.3, -0.25) is 4.79 Å². The van der Waals surface area contributed by atoms with E-state index in [2.05, 4.69) is 20.9 Å². The highest BCUT2D eigenvalue weighted by Crippen LogP contribution is 2.14. The molecule has 0 radical (unpaired) electrons. The van der Waals surface area contributed by atoms with E-state index in [1.807, 2.05) is 37.3 Å². The molecule has 1 aromatic carbocycles. The van der Waals surface area contributed by atoms with E-state index in [1.54, 1.807) is 12.3 Å². The molecular formula is C18H24ClIN4O2. The van der Waals surface area contributed by atoms with E-state index < -0.39 is 0 Å². The normalized spacial score (nSPS) is 10.8. The number of aliphatic imine (C=N–C) groups is 1. The van der Waals surface area contributed by atoms with Crippen molar-refractivity contribution in [1.29, 1.82) is 0 Å². The third kappa shape index (κ3) is 8.09. The first kappa shape index (κ1) is 22.3. The topological polar surface area (TPSA) is 78.7 Å². The van der Waals surface area contributed by atoms with Gasteiger partial charge in [-0.05, 0) is 37.1 Å². The molecule has 6 nitrogen and oxygen atoms in total. The molecule has 0 unspecified atom stereocenters. The minimum absolute atomic E-state index is 0. The number of furan rings is 1. The predicted octanol–water partition coefficient (Wildman–Crippen LogP) is 2.97. The Labute approximate surface area is 175 Å². The molecule has 142 valence electrons. The van der Waals surface area contributed by atoms with Crippen LogP contribution in [0.1, 0.15) is 18.2 Å². The largest absolute Gasteiger partial charge is 0.467 e. The third-order valence-corrected chi connectivity index (χ3v) is 3.78. The van der Waals surface area contributed by atoms with Crippen LogP contribution in [-0.2, 0) is 17.8 Å². The summed E-state index contributed by atoms with van der Waals surface area (Å²) in [6, 6.07) is 11.3. The van der Waals surface area contributed by atoms with Gasteiger partial charge in [0, 0.05) is 18.1 Å². The summed E-state index contributed by atoms with van der Waals surface area (Å²) in [5, 5.41) is 9.83. The lowest BCUT2D eigenvalue weighted by Gasteiger charge is -2.11. The third-order valence-electron chi connectivity index (χ3n) is 3.41. The van der Waals surface area contributed by atoms with Gasteiger partial charge in [-0.15, -0.1) is 24.0 Å². The molecule has 0 atom stereocenters. The van der Waals surface area contributed by atoms with E-state index in [4.69, 9.17) is 16.0 Å². The second kappa shape index (κ2) is 12.6. The molecule has 0 saturated carbocycles. The van der Waals surface area contributed by atoms with Gasteiger partial charge >= 0.3 is 0 Å². The molecule has 2 aromatic rings. The van der Waals surface area contributed by atoms with Crippen LogP contribution in [0.3, 0.4) is 0 Å². The second-order valence-electron chi connectivity index (χ2n) is 5.32. The highest BCUT2D eigenvalue weighted by atomic mass is 127. The van der Waals surface area contributed by atoms with Crippen LogP contribution in [-0.4, -0.2) is 31.5 Å². The number of hydrogen-bond donors (Lipinski definition) is 3. The Balaban J connectivity index is 0.00000338. The van der Waals surface area contributed by atoms with Gasteiger partial charge in [0.1, 0.15) is 12.3 Å². The highest BCUT2D eigenvalue weighted by Gasteiger charge is 2.04. The van der Waals surface area contributed by atoms with Gasteiger partial charge < -0.3 is 20.4 Å². The zero-order valence-corrected chi connectivity index (χ0v) is 17.7. The zero-order valence-electron chi connectivity index (χ0n) is 14.6. The Morgan fingerprint density at radius 1 is 1.15 bits per heavy atom. The first-order valence-electron chi connectivity index (χ1n) is 8.23. The molecule has 2 rings (SSSR count). The number of rotatable bonds is 8. The number of nitrogens with zero attached hydrogens (tertiary/aromatic N) is 1. The van der Waals surface area contributed by atoms with Crippen LogP contribution in [0.25, 0.3) is 0 Å². The number of hydrogen-bond acceptors (Lipinski definition) is 3. The van der Waals surface area contributed by atoms with Crippen LogP contribution in [0.5, 0.6) is 0 Å². The summed E-state index contributed by atoms with van der Waals surface area (Å²) >= 11 is 6.15. The summed E-state index contributed by atoms with van der Waals surface area (Å²) in [4.78, 5) is 16.1. The SMILES string of the molecule is CCNC(=NCC(=O)NCc1ccco1)NCCc1ccccc1Cl.I. The maximum atomic E-state index is 11.9. The lowest BCUT2D eigenvalue weighted by molar-refractivity contribution is -0.119. The quantitative estimate of drug-likeness (QED) is 0.302. The van der Waals surface area contributed by atoms with Crippen LogP contribution in [0.2, 0.25) is 5.02 Å². The van der Waals surface area contributed by atoms with Gasteiger partial charge in [0.2, 0.25) is 5.91 Å². The van der Waals surface area contributed by atoms with Gasteiger partial charge in [-0.25, -0.2) is 4.99 Å². The van der Waals surface area contributed by atoms with Crippen LogP contribution in [0.4, 0.5) is 0 Å². The average molecular weight is 491 g/mol. The van der Waals surface area contributed by atoms with Crippen LogP contribution in [0.15, 0.2) is 52.1 Å². The molecule has 1 amide bonds. The maximum absolute atomic E-state index is 11.9. The van der Waals surface area contributed by atoms with E-state index in [0.717, 1.165) is 17.0 Å². The number of nitrogens with one attached hydrogen (secondary N) is 3. The molecule has 0 aliphatic rings. The van der Waals surface area contributed by atoms with Gasteiger partial charge in [0.25, 0.3) is 0 Å². The van der Waals surface area contributed by atoms with Gasteiger partial charge in [-0.2, -0.15) is 0 Å². The minimum atomic E-state index is -0.167. The highest BCUT2D eigenvalue weighted by molar-refractivity contribution is 14.0. The smallest absolute Gasteiger partial charge is 0.242 e. The Morgan fingerprint density at radius 2 is 1.96 bits per heavy atom. The second-order valence-corrected chi connectivity index (χ2v) is 5.73. The molecule has 0 bridgehead atoms. The lowest BCUT2D eigenvalue weighted by atomic mass is 10.1. The summed E-state index contributed by atoms with van der Waals surface area (Å²) in [6.07, 6.45) is 2.35. The van der Waals surface area contributed by atoms with E-state index in [1.165, 1.54) is 0 Å². The van der Waals surface area contributed by atoms with Crippen molar-refractivity contribution in [3.8, 4) is 0 Å². The monoisotopic (exact) mass is 490 g/mol. The lowest BCUT2D eigenvalue weighted by Crippen LogP contribution is -2.39. The van der Waals surface area contributed by atoms with E-state index >= 15 is 0 Å².